The van der Waals surface area contributed by atoms with Gasteiger partial charge in [0.1, 0.15) is 17.7 Å². The summed E-state index contributed by atoms with van der Waals surface area (Å²) < 4.78 is 51.6. The van der Waals surface area contributed by atoms with Crippen molar-refractivity contribution >= 4 is 28.1 Å². The number of benzene rings is 2. The Kier molecular flexibility index (Phi) is 13.4. The van der Waals surface area contributed by atoms with Gasteiger partial charge in [-0.3, -0.25) is 9.69 Å². The standard InChI is InChI=1S/C38H54N4O10S/c1-25(2)22-41(23-32(43)30(20-26-10-7-6-8-11-26)40-36(45)51-33-24-50-35-29(33)17-19-49-35)53(47,48)28-15-13-27(14-16-28)21-39-34(44)31-12-9-18-42(31)37(46)52-38(3,4)5/h6-8,10-11,13-16,25,29-33,35,43H,9,12,17-24H2,1-5H3,(H,39,44)(H,40,45)/t29-,30-,31-,32+,33-,35+/m0/s1. The highest BCUT2D eigenvalue weighted by atomic mass is 32.2. The third-order valence-corrected chi connectivity index (χ3v) is 11.3. The number of amides is 3. The van der Waals surface area contributed by atoms with E-state index < -0.39 is 58.4 Å². The second-order valence-electron chi connectivity index (χ2n) is 15.4. The zero-order valence-electron chi connectivity index (χ0n) is 31.2. The van der Waals surface area contributed by atoms with Crippen LogP contribution in [0.2, 0.25) is 0 Å². The van der Waals surface area contributed by atoms with Gasteiger partial charge in [0, 0.05) is 26.2 Å². The molecular weight excluding hydrogens is 705 g/mol. The van der Waals surface area contributed by atoms with Crippen LogP contribution >= 0.6 is 0 Å². The number of fused-ring (bicyclic) bond motifs is 1. The molecule has 0 aliphatic carbocycles. The van der Waals surface area contributed by atoms with Gasteiger partial charge in [-0.2, -0.15) is 4.31 Å². The molecule has 0 saturated carbocycles. The first-order chi connectivity index (χ1) is 25.1. The zero-order chi connectivity index (χ0) is 38.3. The molecule has 3 N–H and O–H groups in total. The maximum Gasteiger partial charge on any atom is 0.410 e. The summed E-state index contributed by atoms with van der Waals surface area (Å²) in [4.78, 5) is 40.3. The van der Waals surface area contributed by atoms with Crippen LogP contribution in [0.15, 0.2) is 59.5 Å². The van der Waals surface area contributed by atoms with E-state index >= 15 is 0 Å². The molecule has 3 aliphatic heterocycles. The minimum absolute atomic E-state index is 0.0221. The molecule has 3 aliphatic rings. The molecule has 3 fully saturated rings. The van der Waals surface area contributed by atoms with Gasteiger partial charge in [-0.1, -0.05) is 56.3 Å². The lowest BCUT2D eigenvalue weighted by molar-refractivity contribution is -0.125. The maximum atomic E-state index is 14.1. The van der Waals surface area contributed by atoms with E-state index in [-0.39, 0.29) is 55.3 Å². The van der Waals surface area contributed by atoms with E-state index in [1.54, 1.807) is 32.9 Å². The lowest BCUT2D eigenvalue weighted by Gasteiger charge is -2.31. The van der Waals surface area contributed by atoms with Gasteiger partial charge in [0.05, 0.1) is 36.2 Å². The van der Waals surface area contributed by atoms with Crippen molar-refractivity contribution in [2.45, 2.75) is 108 Å². The van der Waals surface area contributed by atoms with Crippen molar-refractivity contribution in [2.24, 2.45) is 11.8 Å². The van der Waals surface area contributed by atoms with Crippen LogP contribution in [0.5, 0.6) is 0 Å². The van der Waals surface area contributed by atoms with E-state index in [1.165, 1.54) is 21.3 Å². The third-order valence-electron chi connectivity index (χ3n) is 9.48. The molecule has 3 saturated heterocycles. The number of hydrogen-bond acceptors (Lipinski definition) is 10. The van der Waals surface area contributed by atoms with Crippen molar-refractivity contribution in [2.75, 3.05) is 32.8 Å². The van der Waals surface area contributed by atoms with E-state index in [1.807, 2.05) is 44.2 Å². The predicted molar refractivity (Wildman–Crippen MR) is 195 cm³/mol. The number of alkyl carbamates (subject to hydrolysis) is 1. The normalized spacial score (nSPS) is 22.8. The van der Waals surface area contributed by atoms with Gasteiger partial charge in [0.15, 0.2) is 6.29 Å². The smallest absolute Gasteiger partial charge is 0.410 e. The summed E-state index contributed by atoms with van der Waals surface area (Å²) >= 11 is 0. The van der Waals surface area contributed by atoms with Crippen LogP contribution in [0.1, 0.15) is 65.0 Å². The minimum atomic E-state index is -4.09. The van der Waals surface area contributed by atoms with Crippen LogP contribution in [-0.2, 0) is 46.7 Å². The number of carbonyl (C=O) groups is 3. The second-order valence-corrected chi connectivity index (χ2v) is 17.3. The van der Waals surface area contributed by atoms with Crippen molar-refractivity contribution in [3.63, 3.8) is 0 Å². The molecule has 3 amide bonds. The van der Waals surface area contributed by atoms with Crippen LogP contribution in [-0.4, -0.2) is 110 Å². The van der Waals surface area contributed by atoms with Crippen molar-refractivity contribution in [1.29, 1.82) is 0 Å². The molecule has 3 heterocycles. The molecule has 5 rings (SSSR count). The quantitative estimate of drug-likeness (QED) is 0.257. The summed E-state index contributed by atoms with van der Waals surface area (Å²) in [5, 5.41) is 17.3. The average molecular weight is 759 g/mol. The molecule has 0 bridgehead atoms. The summed E-state index contributed by atoms with van der Waals surface area (Å²) in [7, 11) is -4.09. The van der Waals surface area contributed by atoms with E-state index in [0.717, 1.165) is 5.56 Å². The highest BCUT2D eigenvalue weighted by Crippen LogP contribution is 2.33. The molecule has 0 aromatic heterocycles. The largest absolute Gasteiger partial charge is 0.444 e. The first-order valence-corrected chi connectivity index (χ1v) is 19.8. The molecule has 14 nitrogen and oxygen atoms in total. The van der Waals surface area contributed by atoms with Crippen LogP contribution in [0, 0.1) is 11.8 Å². The Bertz CT molecular complexity index is 1650. The molecule has 0 unspecified atom stereocenters. The predicted octanol–water partition coefficient (Wildman–Crippen LogP) is 3.81. The molecular formula is C38H54N4O10S. The molecule has 0 radical (unpaired) electrons. The zero-order valence-corrected chi connectivity index (χ0v) is 32.0. The van der Waals surface area contributed by atoms with E-state index in [0.29, 0.717) is 38.0 Å². The summed E-state index contributed by atoms with van der Waals surface area (Å²) in [6.45, 7) is 10.2. The minimum Gasteiger partial charge on any atom is -0.444 e. The van der Waals surface area contributed by atoms with Crippen LogP contribution in [0.4, 0.5) is 9.59 Å². The number of carbonyl (C=O) groups excluding carboxylic acids is 3. The third kappa shape index (κ3) is 10.9. The summed E-state index contributed by atoms with van der Waals surface area (Å²) in [5.41, 5.74) is 0.834. The molecule has 0 spiro atoms. The average Bonchev–Trinajstić information content (AvgIpc) is 3.86. The van der Waals surface area contributed by atoms with Crippen molar-refractivity contribution in [3.05, 3.63) is 65.7 Å². The van der Waals surface area contributed by atoms with Gasteiger partial charge in [-0.25, -0.2) is 18.0 Å². The topological polar surface area (TPSA) is 173 Å². The summed E-state index contributed by atoms with van der Waals surface area (Å²) in [6.07, 6.45) is -1.26. The number of hydrogen-bond donors (Lipinski definition) is 3. The van der Waals surface area contributed by atoms with Crippen molar-refractivity contribution in [3.8, 4) is 0 Å². The summed E-state index contributed by atoms with van der Waals surface area (Å²) in [5.74, 6) is -0.441. The Labute approximate surface area is 312 Å². The lowest BCUT2D eigenvalue weighted by Crippen LogP contribution is -2.51. The Morgan fingerprint density at radius 3 is 2.40 bits per heavy atom. The van der Waals surface area contributed by atoms with Crippen LogP contribution < -0.4 is 10.6 Å². The number of aliphatic hydroxyl groups excluding tert-OH is 1. The Morgan fingerprint density at radius 2 is 1.72 bits per heavy atom. The molecule has 53 heavy (non-hydrogen) atoms. The number of nitrogens with zero attached hydrogens (tertiary/aromatic N) is 2. The van der Waals surface area contributed by atoms with Crippen molar-refractivity contribution < 1.29 is 46.9 Å². The van der Waals surface area contributed by atoms with Crippen molar-refractivity contribution in [1.82, 2.24) is 19.8 Å². The monoisotopic (exact) mass is 758 g/mol. The maximum absolute atomic E-state index is 14.1. The SMILES string of the molecule is CC(C)CN(C[C@@H](O)[C@H](Cc1ccccc1)NC(=O)O[C@H]1CO[C@H]2OCC[C@H]21)S(=O)(=O)c1ccc(CNC(=O)[C@@H]2CCCN2C(=O)OC(C)(C)C)cc1. The molecule has 292 valence electrons. The van der Waals surface area contributed by atoms with E-state index in [4.69, 9.17) is 18.9 Å². The fraction of sp³-hybridized carbons (Fsp3) is 0.605. The second kappa shape index (κ2) is 17.6. The molecule has 15 heteroatoms. The summed E-state index contributed by atoms with van der Waals surface area (Å²) in [6, 6.07) is 14.0. The number of rotatable bonds is 14. The number of sulfonamides is 1. The molecule has 6 atom stereocenters. The van der Waals surface area contributed by atoms with Gasteiger partial charge in [0.25, 0.3) is 0 Å². The highest BCUT2D eigenvalue weighted by molar-refractivity contribution is 7.89. The Balaban J connectivity index is 1.23. The molecule has 2 aromatic rings. The van der Waals surface area contributed by atoms with Gasteiger partial charge >= 0.3 is 12.2 Å². The lowest BCUT2D eigenvalue weighted by atomic mass is 10.0. The fourth-order valence-corrected chi connectivity index (χ4v) is 8.47. The van der Waals surface area contributed by atoms with Crippen LogP contribution in [0.25, 0.3) is 0 Å². The van der Waals surface area contributed by atoms with Gasteiger partial charge in [0.2, 0.25) is 15.9 Å². The van der Waals surface area contributed by atoms with E-state index in [9.17, 15) is 27.9 Å². The highest BCUT2D eigenvalue weighted by Gasteiger charge is 2.44. The van der Waals surface area contributed by atoms with Crippen LogP contribution in [0.3, 0.4) is 0 Å². The fourth-order valence-electron chi connectivity index (χ4n) is 6.85. The Hall–Kier alpha value is -3.76. The Morgan fingerprint density at radius 1 is 1.00 bits per heavy atom. The number of nitrogens with one attached hydrogen (secondary N) is 2. The number of likely N-dealkylation sites (tertiary alicyclic amines) is 1. The van der Waals surface area contributed by atoms with Gasteiger partial charge < -0.3 is 34.7 Å². The molecule has 2 aromatic carbocycles. The number of ether oxygens (including phenoxy) is 4. The first-order valence-electron chi connectivity index (χ1n) is 18.4. The van der Waals surface area contributed by atoms with E-state index in [2.05, 4.69) is 10.6 Å². The van der Waals surface area contributed by atoms with Gasteiger partial charge in [-0.05, 0) is 75.6 Å². The van der Waals surface area contributed by atoms with Gasteiger partial charge in [-0.15, -0.1) is 0 Å². The first kappa shape index (κ1) is 40.4. The number of aliphatic hydroxyl groups is 1.